The van der Waals surface area contributed by atoms with Crippen molar-refractivity contribution in [1.29, 1.82) is 5.26 Å². The van der Waals surface area contributed by atoms with E-state index in [1.54, 1.807) is 30.3 Å². The van der Waals surface area contributed by atoms with E-state index in [2.05, 4.69) is 20.6 Å². The fourth-order valence-electron chi connectivity index (χ4n) is 5.13. The first-order valence-electron chi connectivity index (χ1n) is 13.4. The predicted octanol–water partition coefficient (Wildman–Crippen LogP) is 0.174. The van der Waals surface area contributed by atoms with Crippen molar-refractivity contribution in [2.45, 2.75) is 37.0 Å². The second-order valence-electron chi connectivity index (χ2n) is 10.6. The molecule has 2 saturated heterocycles. The zero-order chi connectivity index (χ0) is 29.1. The van der Waals surface area contributed by atoms with Crippen molar-refractivity contribution in [1.82, 2.24) is 15.0 Å². The van der Waals surface area contributed by atoms with Crippen molar-refractivity contribution >= 4 is 35.1 Å². The quantitative estimate of drug-likeness (QED) is 0.214. The number of phenolic OH excluding ortho intramolecular Hbond substituents is 1. The average Bonchev–Trinajstić information content (AvgIpc) is 2.92. The van der Waals surface area contributed by atoms with Crippen LogP contribution < -0.4 is 43.4 Å². The molecule has 0 radical (unpaired) electrons. The first-order chi connectivity index (χ1) is 19.7. The Balaban J connectivity index is 1.39. The molecule has 0 aliphatic carbocycles. The Morgan fingerprint density at radius 3 is 1.83 bits per heavy atom. The lowest BCUT2D eigenvalue weighted by Crippen LogP contribution is -2.54. The number of carbonyl (C=O) groups excluding carboxylic acids is 1. The van der Waals surface area contributed by atoms with Crippen LogP contribution in [-0.2, 0) is 0 Å². The van der Waals surface area contributed by atoms with Crippen molar-refractivity contribution < 1.29 is 9.90 Å². The summed E-state index contributed by atoms with van der Waals surface area (Å²) < 4.78 is 0. The number of anilines is 5. The maximum Gasteiger partial charge on any atom is 0.259 e. The minimum Gasteiger partial charge on any atom is -0.507 e. The molecule has 11 N–H and O–H groups in total. The van der Waals surface area contributed by atoms with E-state index in [0.29, 0.717) is 67.9 Å². The highest BCUT2D eigenvalue weighted by Crippen LogP contribution is 2.27. The Morgan fingerprint density at radius 2 is 1.34 bits per heavy atom. The van der Waals surface area contributed by atoms with Crippen molar-refractivity contribution in [3.63, 3.8) is 0 Å². The number of nitrogens with two attached hydrogens (primary N) is 4. The summed E-state index contributed by atoms with van der Waals surface area (Å²) in [4.78, 5) is 30.6. The third-order valence-corrected chi connectivity index (χ3v) is 6.98. The van der Waals surface area contributed by atoms with Crippen LogP contribution >= 0.6 is 0 Å². The molecule has 0 bridgehead atoms. The molecule has 2 aromatic carbocycles. The van der Waals surface area contributed by atoms with Gasteiger partial charge < -0.3 is 48.5 Å². The smallest absolute Gasteiger partial charge is 0.259 e. The SMILES string of the molecule is N#Cc1ccc(NC(=O)c2ccc(Nc3nc(N4C[C@H](N)C[C@H](N)C4)nc(N4C[C@H](N)C[C@H](N)C4)n3)cc2O)cc1. The van der Waals surface area contributed by atoms with Gasteiger partial charge in [-0.15, -0.1) is 0 Å². The van der Waals surface area contributed by atoms with Crippen molar-refractivity contribution in [2.75, 3.05) is 46.6 Å². The highest BCUT2D eigenvalue weighted by Gasteiger charge is 2.29. The van der Waals surface area contributed by atoms with Gasteiger partial charge in [-0.25, -0.2) is 0 Å². The van der Waals surface area contributed by atoms with Gasteiger partial charge in [0.1, 0.15) is 5.75 Å². The zero-order valence-electron chi connectivity index (χ0n) is 22.4. The molecule has 2 aliphatic rings. The number of hydrogen-bond donors (Lipinski definition) is 7. The largest absolute Gasteiger partial charge is 0.507 e. The summed E-state index contributed by atoms with van der Waals surface area (Å²) in [5.41, 5.74) is 26.4. The molecule has 0 saturated carbocycles. The molecule has 1 aromatic heterocycles. The Morgan fingerprint density at radius 1 is 0.829 bits per heavy atom. The molecule has 1 amide bonds. The van der Waals surface area contributed by atoms with E-state index in [9.17, 15) is 9.90 Å². The number of rotatable bonds is 6. The van der Waals surface area contributed by atoms with Gasteiger partial charge in [0.25, 0.3) is 5.91 Å². The minimum atomic E-state index is -0.501. The Kier molecular flexibility index (Phi) is 8.13. The second kappa shape index (κ2) is 11.9. The summed E-state index contributed by atoms with van der Waals surface area (Å²) in [6, 6.07) is 12.5. The molecule has 14 nitrogen and oxygen atoms in total. The van der Waals surface area contributed by atoms with Gasteiger partial charge in [-0.2, -0.15) is 20.2 Å². The average molecular weight is 559 g/mol. The number of aromatic nitrogens is 3. The van der Waals surface area contributed by atoms with Crippen LogP contribution in [-0.4, -0.2) is 76.3 Å². The van der Waals surface area contributed by atoms with Gasteiger partial charge in [0.2, 0.25) is 17.8 Å². The number of phenols is 1. The molecule has 4 atom stereocenters. The number of carbonyl (C=O) groups is 1. The molecular weight excluding hydrogens is 524 g/mol. The van der Waals surface area contributed by atoms with E-state index in [1.807, 2.05) is 15.9 Å². The maximum absolute atomic E-state index is 12.8. The van der Waals surface area contributed by atoms with Crippen LogP contribution in [0.2, 0.25) is 0 Å². The third-order valence-electron chi connectivity index (χ3n) is 6.98. The highest BCUT2D eigenvalue weighted by molar-refractivity contribution is 6.06. The first kappa shape index (κ1) is 28.0. The number of piperidine rings is 2. The predicted molar refractivity (Wildman–Crippen MR) is 156 cm³/mol. The van der Waals surface area contributed by atoms with Gasteiger partial charge >= 0.3 is 0 Å². The summed E-state index contributed by atoms with van der Waals surface area (Å²) in [7, 11) is 0. The number of benzene rings is 2. The van der Waals surface area contributed by atoms with E-state index in [4.69, 9.17) is 33.2 Å². The lowest BCUT2D eigenvalue weighted by molar-refractivity contribution is 0.102. The normalized spacial score (nSPS) is 22.6. The van der Waals surface area contributed by atoms with E-state index in [0.717, 1.165) is 0 Å². The van der Waals surface area contributed by atoms with Crippen LogP contribution in [0.4, 0.5) is 29.2 Å². The number of nitrogens with zero attached hydrogens (tertiary/aromatic N) is 6. The molecule has 0 unspecified atom stereocenters. The number of amides is 1. The lowest BCUT2D eigenvalue weighted by atomic mass is 10.0. The minimum absolute atomic E-state index is 0.0736. The molecule has 0 spiro atoms. The van der Waals surface area contributed by atoms with Crippen LogP contribution in [0, 0.1) is 11.3 Å². The fraction of sp³-hybridized carbons (Fsp3) is 0.370. The Bertz CT molecular complexity index is 1380. The molecular formula is C27H34N12O2. The number of nitrogens with one attached hydrogen (secondary N) is 2. The van der Waals surface area contributed by atoms with Crippen LogP contribution in [0.25, 0.3) is 0 Å². The summed E-state index contributed by atoms with van der Waals surface area (Å²) in [6.07, 6.45) is 1.42. The standard InChI is InChI=1S/C27H34N12O2/c28-10-15-1-3-20(4-2-15)33-24(41)22-6-5-21(9-23(22)40)34-25-35-26(38-11-16(29)7-17(30)12-38)37-27(36-25)39-13-18(31)8-19(32)14-39/h1-6,9,16-19,40H,7-8,11-14,29-32H2,(H,33,41)(H,34,35,36,37)/t16-,17+,18-,19+. The van der Waals surface area contributed by atoms with Gasteiger partial charge in [0.15, 0.2) is 0 Å². The number of aromatic hydroxyl groups is 1. The lowest BCUT2D eigenvalue weighted by Gasteiger charge is -2.37. The van der Waals surface area contributed by atoms with Gasteiger partial charge in [-0.1, -0.05) is 0 Å². The van der Waals surface area contributed by atoms with Gasteiger partial charge in [0, 0.05) is 67.8 Å². The zero-order valence-corrected chi connectivity index (χ0v) is 22.4. The van der Waals surface area contributed by atoms with Crippen molar-refractivity contribution in [3.8, 4) is 11.8 Å². The maximum atomic E-state index is 12.8. The second-order valence-corrected chi connectivity index (χ2v) is 10.6. The van der Waals surface area contributed by atoms with Crippen molar-refractivity contribution in [2.24, 2.45) is 22.9 Å². The molecule has 2 fully saturated rings. The summed E-state index contributed by atoms with van der Waals surface area (Å²) >= 11 is 0. The van der Waals surface area contributed by atoms with Crippen molar-refractivity contribution in [3.05, 3.63) is 53.6 Å². The number of nitriles is 1. The Hall–Kier alpha value is -4.55. The van der Waals surface area contributed by atoms with Crippen LogP contribution in [0.5, 0.6) is 5.75 Å². The molecule has 3 aromatic rings. The van der Waals surface area contributed by atoms with Gasteiger partial charge in [0.05, 0.1) is 17.2 Å². The highest BCUT2D eigenvalue weighted by atomic mass is 16.3. The van der Waals surface area contributed by atoms with Crippen LogP contribution in [0.3, 0.4) is 0 Å². The van der Waals surface area contributed by atoms with E-state index < -0.39 is 5.91 Å². The van der Waals surface area contributed by atoms with Gasteiger partial charge in [-0.05, 0) is 49.2 Å². The van der Waals surface area contributed by atoms with Gasteiger partial charge in [-0.3, -0.25) is 4.79 Å². The topological polar surface area (TPSA) is 234 Å². The molecule has 5 rings (SSSR count). The van der Waals surface area contributed by atoms with Crippen LogP contribution in [0.1, 0.15) is 28.8 Å². The molecule has 41 heavy (non-hydrogen) atoms. The third kappa shape index (κ3) is 6.79. The fourth-order valence-corrected chi connectivity index (χ4v) is 5.13. The monoisotopic (exact) mass is 558 g/mol. The summed E-state index contributed by atoms with van der Waals surface area (Å²) in [6.45, 7) is 2.16. The van der Waals surface area contributed by atoms with Crippen LogP contribution in [0.15, 0.2) is 42.5 Å². The van der Waals surface area contributed by atoms with E-state index in [1.165, 1.54) is 12.1 Å². The molecule has 214 valence electrons. The van der Waals surface area contributed by atoms with E-state index >= 15 is 0 Å². The molecule has 2 aliphatic heterocycles. The molecule has 3 heterocycles. The first-order valence-corrected chi connectivity index (χ1v) is 13.4. The number of hydrogen-bond acceptors (Lipinski definition) is 13. The Labute approximate surface area is 237 Å². The van der Waals surface area contributed by atoms with E-state index in [-0.39, 0.29) is 41.4 Å². The summed E-state index contributed by atoms with van der Waals surface area (Å²) in [5, 5.41) is 25.4. The summed E-state index contributed by atoms with van der Waals surface area (Å²) in [5.74, 6) is 0.326. The molecule has 14 heteroatoms.